The minimum atomic E-state index is 0.0693. The lowest BCUT2D eigenvalue weighted by Gasteiger charge is -2.45. The van der Waals surface area contributed by atoms with Crippen molar-refractivity contribution < 1.29 is 9.53 Å². The Balaban J connectivity index is 1.29. The monoisotopic (exact) mass is 461 g/mol. The second-order valence-corrected chi connectivity index (χ2v) is 9.57. The standard InChI is InChI=1S/C22H32ClN7O2/c1-27(13-16-5-4-8-28-7-3-2-6-17(16)28)18(31)14-30-15-24-19-20(25-22(23)26-21(19)30)29-9-11-32-12-10-29/h15-17H,2-14H2,1H3/t16-,17+/m0/s1. The highest BCUT2D eigenvalue weighted by Crippen LogP contribution is 2.31. The minimum Gasteiger partial charge on any atom is -0.378 e. The van der Waals surface area contributed by atoms with Crippen molar-refractivity contribution in [3.05, 3.63) is 11.6 Å². The molecule has 0 N–H and O–H groups in total. The fourth-order valence-electron chi connectivity index (χ4n) is 5.53. The van der Waals surface area contributed by atoms with Crippen molar-refractivity contribution >= 4 is 34.5 Å². The summed E-state index contributed by atoms with van der Waals surface area (Å²) in [6.07, 6.45) is 7.99. The van der Waals surface area contributed by atoms with Gasteiger partial charge in [-0.1, -0.05) is 6.42 Å². The van der Waals surface area contributed by atoms with Crippen LogP contribution in [0.4, 0.5) is 5.82 Å². The van der Waals surface area contributed by atoms with Gasteiger partial charge in [-0.25, -0.2) is 4.98 Å². The molecule has 0 radical (unpaired) electrons. The Bertz CT molecular complexity index is 959. The number of fused-ring (bicyclic) bond motifs is 2. The molecule has 0 aromatic carbocycles. The third-order valence-electron chi connectivity index (χ3n) is 7.20. The van der Waals surface area contributed by atoms with Gasteiger partial charge in [-0.2, -0.15) is 9.97 Å². The number of halogens is 1. The van der Waals surface area contributed by atoms with E-state index in [0.29, 0.717) is 42.2 Å². The molecular formula is C22H32ClN7O2. The maximum absolute atomic E-state index is 13.1. The number of likely N-dealkylation sites (N-methyl/N-ethyl adjacent to an activating group) is 1. The number of imidazole rings is 1. The Morgan fingerprint density at radius 1 is 1.16 bits per heavy atom. The molecule has 32 heavy (non-hydrogen) atoms. The first kappa shape index (κ1) is 21.9. The number of amides is 1. The molecule has 10 heteroatoms. The highest BCUT2D eigenvalue weighted by Gasteiger charge is 2.34. The lowest BCUT2D eigenvalue weighted by Crippen LogP contribution is -2.51. The largest absolute Gasteiger partial charge is 0.378 e. The second-order valence-electron chi connectivity index (χ2n) is 9.24. The summed E-state index contributed by atoms with van der Waals surface area (Å²) in [6, 6.07) is 0.629. The van der Waals surface area contributed by atoms with Crippen LogP contribution in [0, 0.1) is 5.92 Å². The summed E-state index contributed by atoms with van der Waals surface area (Å²) in [7, 11) is 1.92. The number of piperidine rings is 2. The zero-order chi connectivity index (χ0) is 22.1. The smallest absolute Gasteiger partial charge is 0.242 e. The average Bonchev–Trinajstić information content (AvgIpc) is 3.21. The van der Waals surface area contributed by atoms with Crippen molar-refractivity contribution in [1.82, 2.24) is 29.3 Å². The quantitative estimate of drug-likeness (QED) is 0.630. The lowest BCUT2D eigenvalue weighted by atomic mass is 9.83. The molecule has 3 saturated heterocycles. The Hall–Kier alpha value is -1.97. The van der Waals surface area contributed by atoms with E-state index in [1.54, 1.807) is 10.9 Å². The Morgan fingerprint density at radius 2 is 1.97 bits per heavy atom. The molecule has 3 aliphatic heterocycles. The maximum atomic E-state index is 13.1. The summed E-state index contributed by atoms with van der Waals surface area (Å²) in [5.74, 6) is 1.34. The van der Waals surface area contributed by atoms with Crippen LogP contribution in [0.5, 0.6) is 0 Å². The molecule has 174 valence electrons. The van der Waals surface area contributed by atoms with E-state index >= 15 is 0 Å². The van der Waals surface area contributed by atoms with E-state index in [2.05, 4.69) is 24.8 Å². The molecule has 3 fully saturated rings. The van der Waals surface area contributed by atoms with Crippen LogP contribution in [-0.4, -0.2) is 94.3 Å². The Labute approximate surface area is 193 Å². The third kappa shape index (κ3) is 4.43. The van der Waals surface area contributed by atoms with Gasteiger partial charge in [-0.05, 0) is 56.3 Å². The first-order chi connectivity index (χ1) is 15.6. The summed E-state index contributed by atoms with van der Waals surface area (Å²) in [5, 5.41) is 0.168. The first-order valence-electron chi connectivity index (χ1n) is 11.8. The van der Waals surface area contributed by atoms with E-state index in [-0.39, 0.29) is 17.7 Å². The van der Waals surface area contributed by atoms with Gasteiger partial charge in [0.1, 0.15) is 6.54 Å². The lowest BCUT2D eigenvalue weighted by molar-refractivity contribution is -0.131. The fourth-order valence-corrected chi connectivity index (χ4v) is 5.69. The van der Waals surface area contributed by atoms with Crippen LogP contribution in [0.15, 0.2) is 6.33 Å². The fraction of sp³-hybridized carbons (Fsp3) is 0.727. The van der Waals surface area contributed by atoms with Crippen molar-refractivity contribution in [3.63, 3.8) is 0 Å². The van der Waals surface area contributed by atoms with Crippen molar-refractivity contribution in [1.29, 1.82) is 0 Å². The topological polar surface area (TPSA) is 79.6 Å². The van der Waals surface area contributed by atoms with Crippen molar-refractivity contribution in [2.24, 2.45) is 5.92 Å². The summed E-state index contributed by atoms with van der Waals surface area (Å²) in [6.45, 7) is 6.19. The van der Waals surface area contributed by atoms with E-state index in [0.717, 1.165) is 19.6 Å². The summed E-state index contributed by atoms with van der Waals surface area (Å²) >= 11 is 6.24. The second kappa shape index (κ2) is 9.49. The summed E-state index contributed by atoms with van der Waals surface area (Å²) < 4.78 is 7.24. The van der Waals surface area contributed by atoms with Crippen molar-refractivity contribution in [2.45, 2.75) is 44.7 Å². The summed E-state index contributed by atoms with van der Waals surface area (Å²) in [4.78, 5) is 33.1. The normalized spacial score (nSPS) is 24.5. The zero-order valence-electron chi connectivity index (χ0n) is 18.7. The van der Waals surface area contributed by atoms with Gasteiger partial charge in [0, 0.05) is 32.7 Å². The number of aromatic nitrogens is 4. The molecule has 0 bridgehead atoms. The highest BCUT2D eigenvalue weighted by molar-refractivity contribution is 6.28. The molecule has 1 amide bonds. The van der Waals surface area contributed by atoms with Crippen LogP contribution < -0.4 is 4.90 Å². The van der Waals surface area contributed by atoms with Crippen LogP contribution in [0.1, 0.15) is 32.1 Å². The van der Waals surface area contributed by atoms with Crippen molar-refractivity contribution in [2.75, 3.05) is 57.9 Å². The number of anilines is 1. The average molecular weight is 462 g/mol. The van der Waals surface area contributed by atoms with Crippen molar-refractivity contribution in [3.8, 4) is 0 Å². The number of rotatable bonds is 5. The van der Waals surface area contributed by atoms with Crippen LogP contribution in [0.3, 0.4) is 0 Å². The van der Waals surface area contributed by atoms with Crippen LogP contribution >= 0.6 is 11.6 Å². The van der Waals surface area contributed by atoms with E-state index in [4.69, 9.17) is 16.3 Å². The summed E-state index contributed by atoms with van der Waals surface area (Å²) in [5.41, 5.74) is 1.28. The molecule has 2 aromatic heterocycles. The number of hydrogen-bond donors (Lipinski definition) is 0. The number of carbonyl (C=O) groups is 1. The molecule has 3 aliphatic rings. The molecule has 5 rings (SSSR count). The van der Waals surface area contributed by atoms with E-state index < -0.39 is 0 Å². The van der Waals surface area contributed by atoms with Crippen LogP contribution in [0.2, 0.25) is 5.28 Å². The van der Waals surface area contributed by atoms with Gasteiger partial charge in [0.15, 0.2) is 17.0 Å². The van der Waals surface area contributed by atoms with E-state index in [9.17, 15) is 4.79 Å². The molecule has 0 spiro atoms. The van der Waals surface area contributed by atoms with E-state index in [1.807, 2.05) is 11.9 Å². The molecule has 0 unspecified atom stereocenters. The Kier molecular flexibility index (Phi) is 6.48. The third-order valence-corrected chi connectivity index (χ3v) is 7.37. The highest BCUT2D eigenvalue weighted by atomic mass is 35.5. The van der Waals surface area contributed by atoms with Crippen LogP contribution in [-0.2, 0) is 16.1 Å². The number of nitrogens with zero attached hydrogens (tertiary/aromatic N) is 7. The molecule has 5 heterocycles. The minimum absolute atomic E-state index is 0.0693. The van der Waals surface area contributed by atoms with Gasteiger partial charge >= 0.3 is 0 Å². The maximum Gasteiger partial charge on any atom is 0.242 e. The molecule has 9 nitrogen and oxygen atoms in total. The van der Waals surface area contributed by atoms with Gasteiger partial charge in [0.2, 0.25) is 11.2 Å². The number of morpholine rings is 1. The zero-order valence-corrected chi connectivity index (χ0v) is 19.5. The van der Waals surface area contributed by atoms with Crippen LogP contribution in [0.25, 0.3) is 11.2 Å². The van der Waals surface area contributed by atoms with Gasteiger partial charge < -0.3 is 24.0 Å². The predicted octanol–water partition coefficient (Wildman–Crippen LogP) is 2.04. The van der Waals surface area contributed by atoms with Gasteiger partial charge in [0.05, 0.1) is 19.5 Å². The molecule has 0 saturated carbocycles. The van der Waals surface area contributed by atoms with Gasteiger partial charge in [0.25, 0.3) is 0 Å². The predicted molar refractivity (Wildman–Crippen MR) is 123 cm³/mol. The van der Waals surface area contributed by atoms with Gasteiger partial charge in [-0.3, -0.25) is 4.79 Å². The van der Waals surface area contributed by atoms with Gasteiger partial charge in [-0.15, -0.1) is 0 Å². The molecule has 0 aliphatic carbocycles. The number of carbonyl (C=O) groups excluding carboxylic acids is 1. The number of hydrogen-bond acceptors (Lipinski definition) is 7. The molecule has 2 atom stereocenters. The Morgan fingerprint density at radius 3 is 2.81 bits per heavy atom. The molecular weight excluding hydrogens is 430 g/mol. The number of ether oxygens (including phenoxy) is 1. The SMILES string of the molecule is CN(C[C@@H]1CCCN2CCCC[C@H]12)C(=O)Cn1cnc2c(N3CCOCC3)nc(Cl)nc21. The molecule has 2 aromatic rings. The van der Waals surface area contributed by atoms with E-state index in [1.165, 1.54) is 45.2 Å². The first-order valence-corrected chi connectivity index (χ1v) is 12.2.